The van der Waals surface area contributed by atoms with E-state index in [4.69, 9.17) is 9.72 Å². The van der Waals surface area contributed by atoms with E-state index in [9.17, 15) is 19.2 Å². The normalized spacial score (nSPS) is 25.5. The van der Waals surface area contributed by atoms with E-state index in [1.165, 1.54) is 4.90 Å². The molecule has 0 N–H and O–H groups in total. The molecule has 11 heteroatoms. The van der Waals surface area contributed by atoms with Crippen molar-refractivity contribution in [2.24, 2.45) is 23.7 Å². The maximum atomic E-state index is 13.5. The number of Topliss-reactive ketones (excluding diaryl/α,β-unsaturated/α-hetero) is 1. The second kappa shape index (κ2) is 11.6. The Hall–Kier alpha value is -2.73. The lowest BCUT2D eigenvalue weighted by atomic mass is 9.81. The fourth-order valence-corrected chi connectivity index (χ4v) is 9.33. The number of hydrogen-bond donors (Lipinski definition) is 0. The van der Waals surface area contributed by atoms with Gasteiger partial charge in [0.05, 0.1) is 34.3 Å². The summed E-state index contributed by atoms with van der Waals surface area (Å²) in [7, 11) is 0. The minimum Gasteiger partial charge on any atom is -0.454 e. The Morgan fingerprint density at radius 1 is 0.818 bits per heavy atom. The van der Waals surface area contributed by atoms with E-state index in [1.807, 2.05) is 6.07 Å². The highest BCUT2D eigenvalue weighted by molar-refractivity contribution is 9.12. The molecule has 3 fully saturated rings. The van der Waals surface area contributed by atoms with Crippen LogP contribution in [0.4, 0.5) is 5.69 Å². The van der Waals surface area contributed by atoms with E-state index in [2.05, 4.69) is 63.7 Å². The van der Waals surface area contributed by atoms with Gasteiger partial charge in [0.2, 0.25) is 11.8 Å². The van der Waals surface area contributed by atoms with Gasteiger partial charge in [-0.3, -0.25) is 19.3 Å². The van der Waals surface area contributed by atoms with Gasteiger partial charge in [0.15, 0.2) is 12.4 Å². The summed E-state index contributed by atoms with van der Waals surface area (Å²) in [5.74, 6) is -1.55. The largest absolute Gasteiger partial charge is 0.454 e. The summed E-state index contributed by atoms with van der Waals surface area (Å²) < 4.78 is 7.07. The zero-order valence-electron chi connectivity index (χ0n) is 22.8. The molecular formula is C33H22Br4N2O5. The van der Waals surface area contributed by atoms with Crippen molar-refractivity contribution < 1.29 is 23.9 Å². The van der Waals surface area contributed by atoms with Crippen LogP contribution in [0.15, 0.2) is 81.7 Å². The van der Waals surface area contributed by atoms with Crippen LogP contribution in [-0.2, 0) is 14.3 Å². The van der Waals surface area contributed by atoms with Gasteiger partial charge in [-0.05, 0) is 66.8 Å². The van der Waals surface area contributed by atoms with Crippen molar-refractivity contribution in [3.8, 4) is 11.3 Å². The molecule has 1 aliphatic heterocycles. The van der Waals surface area contributed by atoms with Gasteiger partial charge < -0.3 is 4.74 Å². The fraction of sp³-hybridized carbons (Fsp3) is 0.242. The molecule has 2 aliphatic carbocycles. The van der Waals surface area contributed by atoms with E-state index < -0.39 is 12.6 Å². The number of ether oxygens (including phenoxy) is 1. The Bertz CT molecular complexity index is 1830. The number of carbonyl (C=O) groups excluding carboxylic acids is 4. The molecule has 0 spiro atoms. The molecule has 3 aromatic carbocycles. The number of amides is 2. The molecule has 2 saturated carbocycles. The van der Waals surface area contributed by atoms with Crippen LogP contribution in [0.3, 0.4) is 0 Å². The highest BCUT2D eigenvalue weighted by Crippen LogP contribution is 2.60. The Morgan fingerprint density at radius 2 is 1.43 bits per heavy atom. The monoisotopic (exact) mass is 842 g/mol. The number of nitrogens with zero attached hydrogens (tertiary/aromatic N) is 2. The summed E-state index contributed by atoms with van der Waals surface area (Å²) in [6.07, 6.45) is 0.874. The van der Waals surface area contributed by atoms with Gasteiger partial charge >= 0.3 is 5.97 Å². The average Bonchev–Trinajstić information content (AvgIpc) is 3.64. The summed E-state index contributed by atoms with van der Waals surface area (Å²) in [6.45, 7) is -0.407. The Labute approximate surface area is 286 Å². The molecule has 222 valence electrons. The van der Waals surface area contributed by atoms with Crippen LogP contribution in [0.5, 0.6) is 0 Å². The topological polar surface area (TPSA) is 93.6 Å². The number of halogens is 4. The summed E-state index contributed by atoms with van der Waals surface area (Å²) in [5.41, 5.74) is 3.00. The van der Waals surface area contributed by atoms with Crippen molar-refractivity contribution >= 4 is 104 Å². The van der Waals surface area contributed by atoms with Gasteiger partial charge in [0.25, 0.3) is 0 Å². The number of pyridine rings is 1. The summed E-state index contributed by atoms with van der Waals surface area (Å²) in [4.78, 5) is 59.4. The van der Waals surface area contributed by atoms with Crippen molar-refractivity contribution in [1.29, 1.82) is 0 Å². The summed E-state index contributed by atoms with van der Waals surface area (Å²) in [5, 5.41) is 0.574. The molecule has 6 unspecified atom stereocenters. The molecule has 1 aromatic heterocycles. The second-order valence-electron chi connectivity index (χ2n) is 11.3. The van der Waals surface area contributed by atoms with E-state index in [1.54, 1.807) is 66.7 Å². The number of rotatable bonds is 6. The lowest BCUT2D eigenvalue weighted by Gasteiger charge is -2.28. The number of aromatic nitrogens is 1. The van der Waals surface area contributed by atoms with Crippen LogP contribution in [0.2, 0.25) is 0 Å². The highest BCUT2D eigenvalue weighted by Gasteiger charge is 2.66. The number of imide groups is 1. The third-order valence-corrected chi connectivity index (χ3v) is 13.1. The van der Waals surface area contributed by atoms with Crippen LogP contribution in [0, 0.1) is 23.7 Å². The first kappa shape index (κ1) is 30.0. The van der Waals surface area contributed by atoms with Crippen molar-refractivity contribution in [3.05, 3.63) is 92.9 Å². The maximum absolute atomic E-state index is 13.5. The molecule has 0 radical (unpaired) electrons. The summed E-state index contributed by atoms with van der Waals surface area (Å²) in [6, 6.07) is 20.9. The Morgan fingerprint density at radius 3 is 2.07 bits per heavy atom. The van der Waals surface area contributed by atoms with Crippen molar-refractivity contribution in [2.75, 3.05) is 11.5 Å². The summed E-state index contributed by atoms with van der Waals surface area (Å²) >= 11 is 14.3. The number of fused-ring (bicyclic) bond motifs is 6. The molecule has 2 bridgehead atoms. The lowest BCUT2D eigenvalue weighted by Crippen LogP contribution is -2.37. The van der Waals surface area contributed by atoms with Crippen molar-refractivity contribution in [1.82, 2.24) is 4.98 Å². The average molecular weight is 846 g/mol. The molecule has 2 heterocycles. The number of anilines is 1. The van der Waals surface area contributed by atoms with Crippen LogP contribution in [0.1, 0.15) is 27.1 Å². The third-order valence-electron chi connectivity index (χ3n) is 8.90. The molecule has 1 saturated heterocycles. The van der Waals surface area contributed by atoms with E-state index in [0.29, 0.717) is 33.4 Å². The third kappa shape index (κ3) is 5.00. The predicted octanol–water partition coefficient (Wildman–Crippen LogP) is 7.75. The first-order chi connectivity index (χ1) is 21.1. The van der Waals surface area contributed by atoms with Gasteiger partial charge in [-0.25, -0.2) is 9.78 Å². The maximum Gasteiger partial charge on any atom is 0.339 e. The predicted molar refractivity (Wildman–Crippen MR) is 180 cm³/mol. The molecule has 4 aromatic rings. The van der Waals surface area contributed by atoms with Crippen LogP contribution >= 0.6 is 63.7 Å². The number of ketones is 1. The first-order valence-corrected chi connectivity index (χ1v) is 17.4. The van der Waals surface area contributed by atoms with E-state index in [-0.39, 0.29) is 56.5 Å². The number of benzene rings is 3. The van der Waals surface area contributed by atoms with Crippen LogP contribution in [-0.4, -0.2) is 44.8 Å². The quantitative estimate of drug-likeness (QED) is 0.0854. The highest BCUT2D eigenvalue weighted by atomic mass is 79.9. The van der Waals surface area contributed by atoms with Gasteiger partial charge in [0.1, 0.15) is 0 Å². The molecular weight excluding hydrogens is 824 g/mol. The lowest BCUT2D eigenvalue weighted by molar-refractivity contribution is -0.123. The Balaban J connectivity index is 1.16. The van der Waals surface area contributed by atoms with Crippen molar-refractivity contribution in [3.63, 3.8) is 0 Å². The molecule has 3 aliphatic rings. The number of hydrogen-bond acceptors (Lipinski definition) is 6. The number of carbonyl (C=O) groups is 4. The first-order valence-electron chi connectivity index (χ1n) is 13.9. The molecule has 7 nitrogen and oxygen atoms in total. The standard InChI is InChI=1S/C33H22Br4N2O5/c34-17-5-1-16(2-6-17)26(40)14-44-33(43)21-13-25(38-24-10-7-18(35)11-20(21)24)15-3-8-19(9-4-15)39-31(41)27-22-12-23(28(27)32(39)42)30(37)29(22)36/h1-11,13,22-23,27-30H,12,14H2. The smallest absolute Gasteiger partial charge is 0.339 e. The number of esters is 1. The minimum absolute atomic E-state index is 0.138. The van der Waals surface area contributed by atoms with Crippen LogP contribution < -0.4 is 4.90 Å². The molecule has 7 rings (SSSR count). The van der Waals surface area contributed by atoms with Gasteiger partial charge in [-0.15, -0.1) is 0 Å². The van der Waals surface area contributed by atoms with Crippen LogP contribution in [0.25, 0.3) is 22.2 Å². The van der Waals surface area contributed by atoms with E-state index in [0.717, 1.165) is 15.4 Å². The SMILES string of the molecule is O=C(COC(=O)c1cc(-c2ccc(N3C(=O)C4C5CC(C(Br)C5Br)C4C3=O)cc2)nc2ccc(Br)cc12)c1ccc(Br)cc1. The van der Waals surface area contributed by atoms with Gasteiger partial charge in [-0.2, -0.15) is 0 Å². The zero-order valence-corrected chi connectivity index (χ0v) is 29.1. The number of alkyl halides is 2. The zero-order chi connectivity index (χ0) is 30.9. The van der Waals surface area contributed by atoms with Crippen molar-refractivity contribution in [2.45, 2.75) is 16.1 Å². The fourth-order valence-electron chi connectivity index (χ4n) is 6.83. The molecule has 44 heavy (non-hydrogen) atoms. The molecule has 6 atom stereocenters. The van der Waals surface area contributed by atoms with Gasteiger partial charge in [-0.1, -0.05) is 88.0 Å². The Kier molecular flexibility index (Phi) is 7.87. The van der Waals surface area contributed by atoms with Gasteiger partial charge in [0, 0.05) is 35.1 Å². The minimum atomic E-state index is -0.650. The second-order valence-corrected chi connectivity index (χ2v) is 15.2. The molecule has 2 amide bonds. The van der Waals surface area contributed by atoms with E-state index >= 15 is 0 Å².